The number of benzene rings is 1. The van der Waals surface area contributed by atoms with Gasteiger partial charge >= 0.3 is 0 Å². The first-order valence-corrected chi connectivity index (χ1v) is 8.67. The van der Waals surface area contributed by atoms with Gasteiger partial charge in [0.2, 0.25) is 0 Å². The number of hydrogen-bond acceptors (Lipinski definition) is 3. The van der Waals surface area contributed by atoms with Gasteiger partial charge in [0, 0.05) is 18.2 Å². The van der Waals surface area contributed by atoms with Gasteiger partial charge in [-0.2, -0.15) is 5.10 Å². The van der Waals surface area contributed by atoms with E-state index in [4.69, 9.17) is 16.3 Å². The fourth-order valence-electron chi connectivity index (χ4n) is 2.98. The molecular weight excluding hydrogens is 326 g/mol. The molecule has 1 fully saturated rings. The zero-order valence-electron chi connectivity index (χ0n) is 14.0. The molecular formula is C18H22ClN3O2. The number of carbonyl (C=O) groups is 1. The van der Waals surface area contributed by atoms with Crippen LogP contribution in [0.15, 0.2) is 30.5 Å². The third-order valence-corrected chi connectivity index (χ3v) is 4.44. The molecule has 2 aromatic rings. The van der Waals surface area contributed by atoms with Gasteiger partial charge in [0.15, 0.2) is 0 Å². The number of aromatic nitrogens is 2. The second-order valence-electron chi connectivity index (χ2n) is 6.33. The Morgan fingerprint density at radius 3 is 2.79 bits per heavy atom. The summed E-state index contributed by atoms with van der Waals surface area (Å²) in [6, 6.07) is 7.43. The van der Waals surface area contributed by atoms with E-state index in [-0.39, 0.29) is 17.9 Å². The molecule has 1 amide bonds. The van der Waals surface area contributed by atoms with Crippen LogP contribution in [0.3, 0.4) is 0 Å². The smallest absolute Gasteiger partial charge is 0.254 e. The van der Waals surface area contributed by atoms with Crippen molar-refractivity contribution >= 4 is 17.5 Å². The summed E-state index contributed by atoms with van der Waals surface area (Å²) in [5.74, 6) is 0.0565. The van der Waals surface area contributed by atoms with Gasteiger partial charge in [-0.25, -0.2) is 4.68 Å². The van der Waals surface area contributed by atoms with Crippen molar-refractivity contribution in [3.05, 3.63) is 46.7 Å². The lowest BCUT2D eigenvalue weighted by Gasteiger charge is -2.14. The second-order valence-corrected chi connectivity index (χ2v) is 6.77. The Kier molecular flexibility index (Phi) is 5.21. The van der Waals surface area contributed by atoms with E-state index >= 15 is 0 Å². The van der Waals surface area contributed by atoms with Crippen LogP contribution in [-0.2, 0) is 4.74 Å². The Morgan fingerprint density at radius 1 is 1.42 bits per heavy atom. The predicted molar refractivity (Wildman–Crippen MR) is 94.0 cm³/mol. The van der Waals surface area contributed by atoms with Gasteiger partial charge in [-0.1, -0.05) is 25.4 Å². The van der Waals surface area contributed by atoms with E-state index in [0.717, 1.165) is 30.8 Å². The van der Waals surface area contributed by atoms with Crippen LogP contribution in [-0.4, -0.2) is 34.9 Å². The van der Waals surface area contributed by atoms with Crippen molar-refractivity contribution in [3.8, 4) is 5.69 Å². The molecule has 1 saturated heterocycles. The quantitative estimate of drug-likeness (QED) is 0.899. The van der Waals surface area contributed by atoms with Crippen LogP contribution < -0.4 is 5.32 Å². The van der Waals surface area contributed by atoms with Gasteiger partial charge in [0.05, 0.1) is 29.2 Å². The van der Waals surface area contributed by atoms with Gasteiger partial charge in [0.1, 0.15) is 0 Å². The minimum Gasteiger partial charge on any atom is -0.376 e. The van der Waals surface area contributed by atoms with Crippen molar-refractivity contribution in [2.45, 2.75) is 38.7 Å². The molecule has 1 aliphatic rings. The first-order valence-electron chi connectivity index (χ1n) is 8.30. The normalized spacial score (nSPS) is 17.4. The topological polar surface area (TPSA) is 56.1 Å². The van der Waals surface area contributed by atoms with Gasteiger partial charge in [-0.3, -0.25) is 4.79 Å². The summed E-state index contributed by atoms with van der Waals surface area (Å²) in [5, 5.41) is 8.06. The summed E-state index contributed by atoms with van der Waals surface area (Å²) >= 11 is 5.95. The standard InChI is InChI=1S/C18H22ClN3O2/c1-12(2)17-16(18(23)20-10-15-4-3-9-24-15)11-21-22(17)14-7-5-13(19)6-8-14/h5-8,11-12,15H,3-4,9-10H2,1-2H3,(H,20,23). The predicted octanol–water partition coefficient (Wildman–Crippen LogP) is 3.56. The highest BCUT2D eigenvalue weighted by Gasteiger charge is 2.22. The Balaban J connectivity index is 1.82. The Bertz CT molecular complexity index is 704. The lowest BCUT2D eigenvalue weighted by Crippen LogP contribution is -2.32. The maximum Gasteiger partial charge on any atom is 0.254 e. The van der Waals surface area contributed by atoms with Crippen molar-refractivity contribution in [3.63, 3.8) is 0 Å². The molecule has 0 bridgehead atoms. The van der Waals surface area contributed by atoms with Gasteiger partial charge in [0.25, 0.3) is 5.91 Å². The summed E-state index contributed by atoms with van der Waals surface area (Å²) in [7, 11) is 0. The molecule has 128 valence electrons. The molecule has 5 nitrogen and oxygen atoms in total. The average Bonchev–Trinajstić information content (AvgIpc) is 3.22. The molecule has 0 radical (unpaired) electrons. The van der Waals surface area contributed by atoms with E-state index < -0.39 is 0 Å². The molecule has 1 atom stereocenters. The zero-order valence-corrected chi connectivity index (χ0v) is 14.7. The van der Waals surface area contributed by atoms with Gasteiger partial charge < -0.3 is 10.1 Å². The molecule has 24 heavy (non-hydrogen) atoms. The fourth-order valence-corrected chi connectivity index (χ4v) is 3.11. The van der Waals surface area contributed by atoms with E-state index in [9.17, 15) is 4.79 Å². The highest BCUT2D eigenvalue weighted by molar-refractivity contribution is 6.30. The van der Waals surface area contributed by atoms with E-state index in [0.29, 0.717) is 17.1 Å². The number of ether oxygens (including phenoxy) is 1. The average molecular weight is 348 g/mol. The third-order valence-electron chi connectivity index (χ3n) is 4.18. The lowest BCUT2D eigenvalue weighted by atomic mass is 10.0. The molecule has 0 spiro atoms. The summed E-state index contributed by atoms with van der Waals surface area (Å²) < 4.78 is 7.36. The largest absolute Gasteiger partial charge is 0.376 e. The zero-order chi connectivity index (χ0) is 17.1. The summed E-state index contributed by atoms with van der Waals surface area (Å²) in [4.78, 5) is 12.6. The van der Waals surface area contributed by atoms with Crippen molar-refractivity contribution in [1.29, 1.82) is 0 Å². The van der Waals surface area contributed by atoms with E-state index in [1.54, 1.807) is 6.20 Å². The van der Waals surface area contributed by atoms with Crippen molar-refractivity contribution < 1.29 is 9.53 Å². The fraction of sp³-hybridized carbons (Fsp3) is 0.444. The molecule has 1 aromatic heterocycles. The molecule has 1 aliphatic heterocycles. The van der Waals surface area contributed by atoms with Crippen LogP contribution in [0.2, 0.25) is 5.02 Å². The minimum atomic E-state index is -0.102. The molecule has 1 unspecified atom stereocenters. The monoisotopic (exact) mass is 347 g/mol. The van der Waals surface area contributed by atoms with Crippen LogP contribution in [0.1, 0.15) is 48.7 Å². The highest BCUT2D eigenvalue weighted by atomic mass is 35.5. The van der Waals surface area contributed by atoms with Gasteiger partial charge in [-0.15, -0.1) is 0 Å². The number of hydrogen-bond donors (Lipinski definition) is 1. The number of nitrogens with one attached hydrogen (secondary N) is 1. The van der Waals surface area contributed by atoms with Crippen molar-refractivity contribution in [2.75, 3.05) is 13.2 Å². The van der Waals surface area contributed by atoms with E-state index in [1.807, 2.05) is 28.9 Å². The number of rotatable bonds is 5. The van der Waals surface area contributed by atoms with Crippen LogP contribution in [0, 0.1) is 0 Å². The highest BCUT2D eigenvalue weighted by Crippen LogP contribution is 2.24. The van der Waals surface area contributed by atoms with Crippen molar-refractivity contribution in [2.24, 2.45) is 0 Å². The molecule has 6 heteroatoms. The minimum absolute atomic E-state index is 0.102. The van der Waals surface area contributed by atoms with E-state index in [1.165, 1.54) is 0 Å². The Morgan fingerprint density at radius 2 is 2.17 bits per heavy atom. The summed E-state index contributed by atoms with van der Waals surface area (Å²) in [6.07, 6.45) is 3.82. The molecule has 1 aromatic carbocycles. The summed E-state index contributed by atoms with van der Waals surface area (Å²) in [6.45, 7) is 5.44. The second kappa shape index (κ2) is 7.36. The SMILES string of the molecule is CC(C)c1c(C(=O)NCC2CCCO2)cnn1-c1ccc(Cl)cc1. The molecule has 1 N–H and O–H groups in total. The number of nitrogens with zero attached hydrogens (tertiary/aromatic N) is 2. The third kappa shape index (κ3) is 3.62. The summed E-state index contributed by atoms with van der Waals surface area (Å²) in [5.41, 5.74) is 2.39. The first kappa shape index (κ1) is 17.0. The van der Waals surface area contributed by atoms with Crippen molar-refractivity contribution in [1.82, 2.24) is 15.1 Å². The number of halogens is 1. The molecule has 3 rings (SSSR count). The van der Waals surface area contributed by atoms with Crippen LogP contribution in [0.4, 0.5) is 0 Å². The molecule has 0 saturated carbocycles. The van der Waals surface area contributed by atoms with Crippen LogP contribution >= 0.6 is 11.6 Å². The molecule has 0 aliphatic carbocycles. The maximum atomic E-state index is 12.6. The van der Waals surface area contributed by atoms with Crippen LogP contribution in [0.5, 0.6) is 0 Å². The molecule has 2 heterocycles. The van der Waals surface area contributed by atoms with Crippen LogP contribution in [0.25, 0.3) is 5.69 Å². The Labute approximate surface area is 147 Å². The Hall–Kier alpha value is -1.85. The van der Waals surface area contributed by atoms with Gasteiger partial charge in [-0.05, 0) is 43.0 Å². The number of amides is 1. The van der Waals surface area contributed by atoms with E-state index in [2.05, 4.69) is 24.3 Å². The maximum absolute atomic E-state index is 12.6. The lowest BCUT2D eigenvalue weighted by molar-refractivity contribution is 0.0856. The number of carbonyl (C=O) groups excluding carboxylic acids is 1. The first-order chi connectivity index (χ1) is 11.6.